The Hall–Kier alpha value is -2.87. The van der Waals surface area contributed by atoms with Crippen LogP contribution in [0.25, 0.3) is 11.3 Å². The van der Waals surface area contributed by atoms with E-state index in [2.05, 4.69) is 5.32 Å². The minimum atomic E-state index is -0.948. The summed E-state index contributed by atoms with van der Waals surface area (Å²) >= 11 is 6.31. The van der Waals surface area contributed by atoms with Crippen LogP contribution in [0.15, 0.2) is 48.7 Å². The van der Waals surface area contributed by atoms with Crippen molar-refractivity contribution in [2.45, 2.75) is 84.6 Å². The van der Waals surface area contributed by atoms with Gasteiger partial charge in [0, 0.05) is 36.5 Å². The van der Waals surface area contributed by atoms with Crippen molar-refractivity contribution in [2.24, 2.45) is 0 Å². The molecule has 38 heavy (non-hydrogen) atoms. The molecule has 1 aromatic heterocycles. The number of nitrogens with zero attached hydrogens (tertiary/aromatic N) is 2. The number of amides is 1. The maximum Gasteiger partial charge on any atom is 0.251 e. The van der Waals surface area contributed by atoms with E-state index >= 15 is 0 Å². The van der Waals surface area contributed by atoms with Crippen molar-refractivity contribution in [3.8, 4) is 17.0 Å². The Morgan fingerprint density at radius 1 is 1.13 bits per heavy atom. The first-order valence-corrected chi connectivity index (χ1v) is 13.8. The van der Waals surface area contributed by atoms with Crippen LogP contribution >= 0.6 is 11.6 Å². The standard InChI is InChI=1S/C30H40ClN3O4/c1-6-30(37,7-2)29-33-26(19-34(29)8-3)22-11-9-21(10-12-22)17-24(15-16-35)32-28(36)23-13-14-27(25(31)18-23)38-20(4)5/h9-14,18-20,24,35,37H,6-8,15-17H2,1-5H3,(H,32,36)/t24-/m1/s1. The van der Waals surface area contributed by atoms with Gasteiger partial charge in [-0.15, -0.1) is 0 Å². The van der Waals surface area contributed by atoms with Crippen LogP contribution in [0.4, 0.5) is 0 Å². The van der Waals surface area contributed by atoms with Crippen LogP contribution in [0.2, 0.25) is 5.02 Å². The maximum atomic E-state index is 12.9. The number of carbonyl (C=O) groups is 1. The number of halogens is 1. The molecule has 0 aliphatic rings. The number of benzene rings is 2. The van der Waals surface area contributed by atoms with Crippen molar-refractivity contribution in [3.63, 3.8) is 0 Å². The third kappa shape index (κ3) is 7.16. The number of rotatable bonds is 13. The molecule has 0 saturated carbocycles. The fraction of sp³-hybridized carbons (Fsp3) is 0.467. The van der Waals surface area contributed by atoms with Crippen LogP contribution in [0.3, 0.4) is 0 Å². The number of aliphatic hydroxyl groups excluding tert-OH is 1. The smallest absolute Gasteiger partial charge is 0.251 e. The van der Waals surface area contributed by atoms with Gasteiger partial charge in [-0.3, -0.25) is 4.79 Å². The Morgan fingerprint density at radius 2 is 1.82 bits per heavy atom. The number of aliphatic hydroxyl groups is 2. The number of imidazole rings is 1. The Labute approximate surface area is 230 Å². The van der Waals surface area contributed by atoms with Crippen LogP contribution in [-0.2, 0) is 18.6 Å². The van der Waals surface area contributed by atoms with E-state index in [1.165, 1.54) is 0 Å². The predicted octanol–water partition coefficient (Wildman–Crippen LogP) is 5.74. The fourth-order valence-corrected chi connectivity index (χ4v) is 4.70. The van der Waals surface area contributed by atoms with E-state index in [-0.39, 0.29) is 24.7 Å². The second kappa shape index (κ2) is 13.3. The van der Waals surface area contributed by atoms with Gasteiger partial charge in [-0.1, -0.05) is 49.7 Å². The number of aryl methyl sites for hydroxylation is 1. The van der Waals surface area contributed by atoms with Gasteiger partial charge >= 0.3 is 0 Å². The van der Waals surface area contributed by atoms with Crippen molar-refractivity contribution in [1.82, 2.24) is 14.9 Å². The number of ether oxygens (including phenoxy) is 1. The lowest BCUT2D eigenvalue weighted by Gasteiger charge is -2.25. The number of nitrogens with one attached hydrogen (secondary N) is 1. The van der Waals surface area contributed by atoms with Crippen molar-refractivity contribution in [2.75, 3.05) is 6.61 Å². The van der Waals surface area contributed by atoms with E-state index in [1.807, 2.05) is 69.6 Å². The second-order valence-electron chi connectivity index (χ2n) is 9.87. The summed E-state index contributed by atoms with van der Waals surface area (Å²) in [6, 6.07) is 12.8. The molecule has 3 N–H and O–H groups in total. The Kier molecular flexibility index (Phi) is 10.4. The molecule has 1 atom stereocenters. The summed E-state index contributed by atoms with van der Waals surface area (Å²) in [5, 5.41) is 24.0. The van der Waals surface area contributed by atoms with Crippen LogP contribution in [0.1, 0.15) is 75.6 Å². The summed E-state index contributed by atoms with van der Waals surface area (Å²) in [7, 11) is 0. The molecular weight excluding hydrogens is 502 g/mol. The highest BCUT2D eigenvalue weighted by molar-refractivity contribution is 6.32. The molecule has 8 heteroatoms. The van der Waals surface area contributed by atoms with Gasteiger partial charge in [-0.05, 0) is 70.2 Å². The summed E-state index contributed by atoms with van der Waals surface area (Å²) in [4.78, 5) is 17.7. The zero-order valence-corrected chi connectivity index (χ0v) is 23.8. The average Bonchev–Trinajstić information content (AvgIpc) is 3.35. The van der Waals surface area contributed by atoms with Gasteiger partial charge in [-0.2, -0.15) is 0 Å². The summed E-state index contributed by atoms with van der Waals surface area (Å²) in [6.07, 6.45) is 4.14. The highest BCUT2D eigenvalue weighted by Crippen LogP contribution is 2.31. The molecule has 1 heterocycles. The van der Waals surface area contributed by atoms with Gasteiger partial charge in [0.2, 0.25) is 0 Å². The van der Waals surface area contributed by atoms with Crippen molar-refractivity contribution in [1.29, 1.82) is 0 Å². The minimum Gasteiger partial charge on any atom is -0.489 e. The van der Waals surface area contributed by atoms with Crippen molar-refractivity contribution >= 4 is 17.5 Å². The predicted molar refractivity (Wildman–Crippen MR) is 152 cm³/mol. The van der Waals surface area contributed by atoms with Crippen LogP contribution in [-0.4, -0.2) is 44.4 Å². The van der Waals surface area contributed by atoms with Gasteiger partial charge < -0.3 is 24.8 Å². The van der Waals surface area contributed by atoms with Crippen molar-refractivity contribution < 1.29 is 19.7 Å². The van der Waals surface area contributed by atoms with E-state index in [4.69, 9.17) is 21.3 Å². The van der Waals surface area contributed by atoms with Gasteiger partial charge in [0.25, 0.3) is 5.91 Å². The number of aromatic nitrogens is 2. The van der Waals surface area contributed by atoms with Crippen LogP contribution < -0.4 is 10.1 Å². The highest BCUT2D eigenvalue weighted by atomic mass is 35.5. The summed E-state index contributed by atoms with van der Waals surface area (Å²) < 4.78 is 7.66. The molecule has 3 aromatic rings. The molecule has 0 aliphatic heterocycles. The summed E-state index contributed by atoms with van der Waals surface area (Å²) in [5.41, 5.74) is 2.29. The molecule has 0 aliphatic carbocycles. The lowest BCUT2D eigenvalue weighted by atomic mass is 9.96. The van der Waals surface area contributed by atoms with Crippen LogP contribution in [0, 0.1) is 0 Å². The molecule has 7 nitrogen and oxygen atoms in total. The fourth-order valence-electron chi connectivity index (χ4n) is 4.47. The molecule has 0 radical (unpaired) electrons. The molecule has 0 spiro atoms. The van der Waals surface area contributed by atoms with Gasteiger partial charge in [0.1, 0.15) is 17.2 Å². The maximum absolute atomic E-state index is 12.9. The number of hydrogen-bond acceptors (Lipinski definition) is 5. The normalized spacial score (nSPS) is 12.6. The molecular formula is C30H40ClN3O4. The minimum absolute atomic E-state index is 0.0205. The van der Waals surface area contributed by atoms with Gasteiger partial charge in [-0.25, -0.2) is 4.98 Å². The average molecular weight is 542 g/mol. The second-order valence-corrected chi connectivity index (χ2v) is 10.3. The summed E-state index contributed by atoms with van der Waals surface area (Å²) in [6.45, 7) is 10.5. The van der Waals surface area contributed by atoms with E-state index in [9.17, 15) is 15.0 Å². The molecule has 3 rings (SSSR count). The first-order chi connectivity index (χ1) is 18.1. The quantitative estimate of drug-likeness (QED) is 0.256. The zero-order chi connectivity index (χ0) is 27.9. The van der Waals surface area contributed by atoms with Gasteiger partial charge in [0.05, 0.1) is 16.8 Å². The largest absolute Gasteiger partial charge is 0.489 e. The first kappa shape index (κ1) is 29.7. The number of carbonyl (C=O) groups excluding carboxylic acids is 1. The molecule has 2 aromatic carbocycles. The SMILES string of the molecule is CCn1cc(-c2ccc(C[C@@H](CCO)NC(=O)c3ccc(OC(C)C)c(Cl)c3)cc2)nc1C(O)(CC)CC. The Bertz CT molecular complexity index is 1200. The molecule has 0 saturated heterocycles. The Balaban J connectivity index is 1.73. The lowest BCUT2D eigenvalue weighted by Crippen LogP contribution is -2.37. The monoisotopic (exact) mass is 541 g/mol. The lowest BCUT2D eigenvalue weighted by molar-refractivity contribution is 0.0161. The molecule has 1 amide bonds. The van der Waals surface area contributed by atoms with E-state index < -0.39 is 5.60 Å². The van der Waals surface area contributed by atoms with E-state index in [1.54, 1.807) is 18.2 Å². The van der Waals surface area contributed by atoms with Crippen molar-refractivity contribution in [3.05, 3.63) is 70.6 Å². The Morgan fingerprint density at radius 3 is 2.37 bits per heavy atom. The third-order valence-electron chi connectivity index (χ3n) is 6.80. The highest BCUT2D eigenvalue weighted by Gasteiger charge is 2.30. The first-order valence-electron chi connectivity index (χ1n) is 13.4. The topological polar surface area (TPSA) is 96.6 Å². The number of hydrogen-bond donors (Lipinski definition) is 3. The third-order valence-corrected chi connectivity index (χ3v) is 7.10. The summed E-state index contributed by atoms with van der Waals surface area (Å²) in [5.74, 6) is 0.976. The molecule has 206 valence electrons. The van der Waals surface area contributed by atoms with Crippen LogP contribution in [0.5, 0.6) is 5.75 Å². The molecule has 0 bridgehead atoms. The van der Waals surface area contributed by atoms with E-state index in [0.29, 0.717) is 47.8 Å². The molecule has 0 unspecified atom stereocenters. The molecule has 0 fully saturated rings. The van der Waals surface area contributed by atoms with Gasteiger partial charge in [0.15, 0.2) is 0 Å². The van der Waals surface area contributed by atoms with E-state index in [0.717, 1.165) is 23.4 Å². The zero-order valence-electron chi connectivity index (χ0n) is 23.0.